The number of benzene rings is 9. The molecule has 0 radical (unpaired) electrons. The van der Waals surface area contributed by atoms with Gasteiger partial charge in [0.2, 0.25) is 0 Å². The molecule has 4 aliphatic rings. The lowest BCUT2D eigenvalue weighted by molar-refractivity contribution is 0.0690. The van der Waals surface area contributed by atoms with Crippen molar-refractivity contribution < 1.29 is 67.5 Å². The number of phenolic OH excluding ortho intramolecular Hbond substituents is 2. The maximum absolute atomic E-state index is 14.0. The largest absolute Gasteiger partial charge is 0.508 e. The van der Waals surface area contributed by atoms with Crippen molar-refractivity contribution in [3.63, 3.8) is 0 Å². The van der Waals surface area contributed by atoms with Gasteiger partial charge in [0.25, 0.3) is 47.3 Å². The molecule has 4 aliphatic heterocycles. The molecule has 18 heteroatoms. The summed E-state index contributed by atoms with van der Waals surface area (Å²) in [5, 5.41) is 20.8. The summed E-state index contributed by atoms with van der Waals surface area (Å²) in [5.74, 6) is -2.58. The molecule has 0 saturated carbocycles. The fourth-order valence-electron chi connectivity index (χ4n) is 10.4. The monoisotopic (exact) mass is 1100 g/mol. The van der Waals surface area contributed by atoms with Crippen LogP contribution in [0.5, 0.6) is 57.5 Å². The first-order chi connectivity index (χ1) is 40.0. The van der Waals surface area contributed by atoms with E-state index in [1.54, 1.807) is 97.9 Å². The highest BCUT2D eigenvalue weighted by Gasteiger charge is 2.41. The number of hydrogen-bond acceptors (Lipinski definition) is 14. The van der Waals surface area contributed by atoms with Crippen LogP contribution < -0.4 is 33.6 Å². The van der Waals surface area contributed by atoms with Crippen LogP contribution in [0.15, 0.2) is 182 Å². The fraction of sp³-hybridized carbons (Fsp3) is 0.0462. The molecule has 8 amide bonds. The summed E-state index contributed by atoms with van der Waals surface area (Å²) in [6.07, 6.45) is 0.406. The van der Waals surface area contributed by atoms with Crippen molar-refractivity contribution >= 4 is 64.3 Å². The average Bonchev–Trinajstić information content (AvgIpc) is 3.13. The molecule has 404 valence electrons. The van der Waals surface area contributed by atoms with E-state index in [1.165, 1.54) is 92.0 Å². The summed E-state index contributed by atoms with van der Waals surface area (Å²) >= 11 is 0. The van der Waals surface area contributed by atoms with Crippen LogP contribution >= 0.6 is 0 Å². The Labute approximate surface area is 470 Å². The zero-order valence-electron chi connectivity index (χ0n) is 43.6. The zero-order chi connectivity index (χ0) is 57.5. The van der Waals surface area contributed by atoms with Crippen molar-refractivity contribution in [1.82, 2.24) is 4.90 Å². The average molecular weight is 1100 g/mol. The van der Waals surface area contributed by atoms with E-state index in [0.717, 1.165) is 25.2 Å². The predicted molar refractivity (Wildman–Crippen MR) is 299 cm³/mol. The minimum atomic E-state index is -0.680. The van der Waals surface area contributed by atoms with Crippen LogP contribution in [0.2, 0.25) is 0 Å². The summed E-state index contributed by atoms with van der Waals surface area (Å²) in [5.41, 5.74) is 3.79. The highest BCUT2D eigenvalue weighted by molar-refractivity contribution is 6.36. The Morgan fingerprint density at radius 1 is 0.325 bits per heavy atom. The Morgan fingerprint density at radius 3 is 1.12 bits per heavy atom. The Morgan fingerprint density at radius 2 is 0.663 bits per heavy atom. The van der Waals surface area contributed by atoms with Crippen LogP contribution in [-0.2, 0) is 6.42 Å². The van der Waals surface area contributed by atoms with Crippen molar-refractivity contribution in [3.05, 3.63) is 243 Å². The number of aromatic hydroxyl groups is 2. The third kappa shape index (κ3) is 8.88. The first-order valence-electron chi connectivity index (χ1n) is 25.7. The van der Waals surface area contributed by atoms with Crippen molar-refractivity contribution in [2.24, 2.45) is 0 Å². The molecule has 18 nitrogen and oxygen atoms in total. The van der Waals surface area contributed by atoms with Crippen molar-refractivity contribution in [1.29, 1.82) is 0 Å². The van der Waals surface area contributed by atoms with Crippen LogP contribution in [0.3, 0.4) is 0 Å². The molecule has 0 unspecified atom stereocenters. The summed E-state index contributed by atoms with van der Waals surface area (Å²) < 4.78 is 24.5. The molecule has 0 spiro atoms. The van der Waals surface area contributed by atoms with Gasteiger partial charge in [0.15, 0.2) is 0 Å². The number of amides is 8. The normalized spacial score (nSPS) is 14.1. The Bertz CT molecular complexity index is 4420. The number of carbonyl (C=O) groups excluding carboxylic acids is 8. The van der Waals surface area contributed by atoms with Gasteiger partial charge in [-0.2, -0.15) is 0 Å². The van der Waals surface area contributed by atoms with E-state index in [-0.39, 0.29) is 102 Å². The SMILES string of the molecule is Cc1cc(Cc2ccc(O)c(N3C(=O)c4ccc(Oc5ccc6c(c5)C(=O)N(c5cccc(Oc7cccc(Oc8cccc(N9C(=O)c%10ccc(Oc%11ccc%12c(c%11)C(=O)N(C)C%12=O)cc%10C9=O)c8)c7)c5)C6=O)cc4C3=O)c2)ccc1O. The minimum Gasteiger partial charge on any atom is -0.508 e. The second-order valence-corrected chi connectivity index (χ2v) is 19.8. The van der Waals surface area contributed by atoms with E-state index in [0.29, 0.717) is 34.8 Å². The first kappa shape index (κ1) is 50.8. The quantitative estimate of drug-likeness (QED) is 0.102. The Kier molecular flexibility index (Phi) is 12.0. The lowest BCUT2D eigenvalue weighted by atomic mass is 10.0. The standard InChI is InChI=1S/C65H40N4O14/c1-34-24-35(12-22-56(34)70)25-36-13-23-57(71)55(26-36)69-62(76)50-21-17-46(33-54(50)65(69)79)83-45-16-20-49-53(32-45)64(78)68(61(49)75)38-7-4-9-40(28-38)81-42-11-5-10-41(29-42)80-39-8-3-6-37(27-39)67-60(74)48-19-15-44(31-52(48)63(67)77)82-43-14-18-47-51(30-43)59(73)66(2)58(47)72/h3-24,26-33,70-71H,25H2,1-2H3. The highest BCUT2D eigenvalue weighted by Crippen LogP contribution is 2.41. The number of carbonyl (C=O) groups is 8. The molecule has 2 N–H and O–H groups in total. The first-order valence-corrected chi connectivity index (χ1v) is 25.7. The molecule has 0 fully saturated rings. The molecule has 0 aromatic heterocycles. The number of nitrogens with zero attached hydrogens (tertiary/aromatic N) is 4. The van der Waals surface area contributed by atoms with Crippen LogP contribution in [0.25, 0.3) is 0 Å². The maximum atomic E-state index is 14.0. The van der Waals surface area contributed by atoms with Gasteiger partial charge in [0.05, 0.1) is 61.6 Å². The fourth-order valence-corrected chi connectivity index (χ4v) is 10.4. The molecular formula is C65H40N4O14. The van der Waals surface area contributed by atoms with Crippen LogP contribution in [0.4, 0.5) is 17.1 Å². The second kappa shape index (κ2) is 19.6. The van der Waals surface area contributed by atoms with Gasteiger partial charge < -0.3 is 29.2 Å². The number of ether oxygens (including phenoxy) is 4. The smallest absolute Gasteiger partial charge is 0.266 e. The van der Waals surface area contributed by atoms with E-state index in [9.17, 15) is 48.6 Å². The van der Waals surface area contributed by atoms with Gasteiger partial charge in [-0.3, -0.25) is 43.3 Å². The summed E-state index contributed by atoms with van der Waals surface area (Å²) in [4.78, 5) is 112. The molecule has 0 saturated heterocycles. The number of fused-ring (bicyclic) bond motifs is 4. The molecule has 9 aromatic carbocycles. The van der Waals surface area contributed by atoms with Crippen molar-refractivity contribution in [2.75, 3.05) is 21.7 Å². The van der Waals surface area contributed by atoms with E-state index in [2.05, 4.69) is 0 Å². The minimum absolute atomic E-state index is 0.00980. The van der Waals surface area contributed by atoms with Gasteiger partial charge >= 0.3 is 0 Å². The van der Waals surface area contributed by atoms with Crippen LogP contribution in [-0.4, -0.2) is 69.4 Å². The summed E-state index contributed by atoms with van der Waals surface area (Å²) in [7, 11) is 1.39. The van der Waals surface area contributed by atoms with Crippen LogP contribution in [0.1, 0.15) is 99.6 Å². The van der Waals surface area contributed by atoms with Crippen molar-refractivity contribution in [2.45, 2.75) is 13.3 Å². The van der Waals surface area contributed by atoms with E-state index in [1.807, 2.05) is 6.07 Å². The number of phenols is 2. The molecule has 0 atom stereocenters. The zero-order valence-corrected chi connectivity index (χ0v) is 43.6. The van der Waals surface area contributed by atoms with E-state index in [4.69, 9.17) is 18.9 Å². The van der Waals surface area contributed by atoms with Gasteiger partial charge in [-0.15, -0.1) is 0 Å². The van der Waals surface area contributed by atoms with Gasteiger partial charge in [0, 0.05) is 25.2 Å². The Balaban J connectivity index is 0.660. The summed E-state index contributed by atoms with van der Waals surface area (Å²) in [6, 6.07) is 47.0. The molecule has 83 heavy (non-hydrogen) atoms. The van der Waals surface area contributed by atoms with Gasteiger partial charge in [-0.25, -0.2) is 14.7 Å². The number of rotatable bonds is 13. The lowest BCUT2D eigenvalue weighted by Crippen LogP contribution is -2.29. The molecule has 9 aromatic rings. The molecule has 4 heterocycles. The third-order valence-corrected chi connectivity index (χ3v) is 14.5. The van der Waals surface area contributed by atoms with Gasteiger partial charge in [0.1, 0.15) is 57.5 Å². The lowest BCUT2D eigenvalue weighted by Gasteiger charge is -2.17. The molecular weight excluding hydrogens is 1060 g/mol. The van der Waals surface area contributed by atoms with E-state index >= 15 is 0 Å². The molecule has 13 rings (SSSR count). The number of aryl methyl sites for hydroxylation is 1. The topological polar surface area (TPSA) is 227 Å². The van der Waals surface area contributed by atoms with Gasteiger partial charge in [-0.05, 0) is 157 Å². The van der Waals surface area contributed by atoms with Gasteiger partial charge in [-0.1, -0.05) is 36.4 Å². The summed E-state index contributed by atoms with van der Waals surface area (Å²) in [6.45, 7) is 1.78. The van der Waals surface area contributed by atoms with Crippen LogP contribution in [0, 0.1) is 6.92 Å². The molecule has 0 bridgehead atoms. The number of imide groups is 4. The second-order valence-electron chi connectivity index (χ2n) is 19.8. The maximum Gasteiger partial charge on any atom is 0.266 e. The molecule has 0 aliphatic carbocycles. The number of anilines is 3. The highest BCUT2D eigenvalue weighted by atomic mass is 16.5. The third-order valence-electron chi connectivity index (χ3n) is 14.5. The van der Waals surface area contributed by atoms with Crippen molar-refractivity contribution in [3.8, 4) is 57.5 Å². The predicted octanol–water partition coefficient (Wildman–Crippen LogP) is 11.8. The Hall–Kier alpha value is -11.7. The number of hydrogen-bond donors (Lipinski definition) is 2. The van der Waals surface area contributed by atoms with E-state index < -0.39 is 47.3 Å².